The number of carbonyl (C=O) groups is 1. The zero-order chi connectivity index (χ0) is 19.8. The van der Waals surface area contributed by atoms with E-state index >= 15 is 0 Å². The van der Waals surface area contributed by atoms with E-state index in [1.54, 1.807) is 0 Å². The third-order valence-corrected chi connectivity index (χ3v) is 3.99. The fourth-order valence-electron chi connectivity index (χ4n) is 2.44. The highest BCUT2D eigenvalue weighted by Gasteiger charge is 2.14. The van der Waals surface area contributed by atoms with Crippen molar-refractivity contribution >= 4 is 17.5 Å². The minimum Gasteiger partial charge on any atom is -0.490 e. The molecule has 27 heavy (non-hydrogen) atoms. The summed E-state index contributed by atoms with van der Waals surface area (Å²) in [6.45, 7) is 6.47. The van der Waals surface area contributed by atoms with Crippen molar-refractivity contribution in [2.75, 3.05) is 19.8 Å². The van der Waals surface area contributed by atoms with Crippen LogP contribution in [0.25, 0.3) is 0 Å². The number of rotatable bonds is 9. The third-order valence-electron chi connectivity index (χ3n) is 3.70. The van der Waals surface area contributed by atoms with Crippen molar-refractivity contribution in [3.05, 3.63) is 52.8 Å². The smallest absolute Gasteiger partial charge is 0.258 e. The second-order valence-electron chi connectivity index (χ2n) is 5.72. The molecule has 2 aromatic carbocycles. The summed E-state index contributed by atoms with van der Waals surface area (Å²) < 4.78 is 29.5. The molecule has 0 saturated heterocycles. The Morgan fingerprint density at radius 3 is 2.37 bits per heavy atom. The van der Waals surface area contributed by atoms with Crippen LogP contribution in [0.1, 0.15) is 32.4 Å². The van der Waals surface area contributed by atoms with Crippen LogP contribution >= 0.6 is 11.6 Å². The van der Waals surface area contributed by atoms with E-state index in [0.717, 1.165) is 11.6 Å². The van der Waals surface area contributed by atoms with Crippen molar-refractivity contribution < 1.29 is 23.4 Å². The average Bonchev–Trinajstić information content (AvgIpc) is 2.62. The summed E-state index contributed by atoms with van der Waals surface area (Å²) in [6.07, 6.45) is 0. The Morgan fingerprint density at radius 2 is 1.70 bits per heavy atom. The van der Waals surface area contributed by atoms with Gasteiger partial charge in [-0.3, -0.25) is 4.79 Å². The van der Waals surface area contributed by atoms with E-state index in [1.807, 2.05) is 39.0 Å². The lowest BCUT2D eigenvalue weighted by Gasteiger charge is -2.18. The molecule has 0 heterocycles. The van der Waals surface area contributed by atoms with E-state index in [0.29, 0.717) is 24.7 Å². The molecular weight excluding hydrogens is 373 g/mol. The highest BCUT2D eigenvalue weighted by Crippen LogP contribution is 2.30. The summed E-state index contributed by atoms with van der Waals surface area (Å²) in [5, 5.41) is 2.96. The lowest BCUT2D eigenvalue weighted by molar-refractivity contribution is -0.123. The first-order valence-corrected chi connectivity index (χ1v) is 9.09. The highest BCUT2D eigenvalue weighted by atomic mass is 35.5. The van der Waals surface area contributed by atoms with Gasteiger partial charge in [-0.05, 0) is 56.7 Å². The summed E-state index contributed by atoms with van der Waals surface area (Å²) in [4.78, 5) is 12.1. The van der Waals surface area contributed by atoms with Crippen LogP contribution < -0.4 is 19.5 Å². The van der Waals surface area contributed by atoms with Gasteiger partial charge in [-0.2, -0.15) is 0 Å². The molecule has 0 aliphatic heterocycles. The van der Waals surface area contributed by atoms with E-state index in [-0.39, 0.29) is 29.3 Å². The number of carbonyl (C=O) groups excluding carboxylic acids is 1. The van der Waals surface area contributed by atoms with Gasteiger partial charge in [0.2, 0.25) is 0 Å². The van der Waals surface area contributed by atoms with Gasteiger partial charge >= 0.3 is 0 Å². The molecule has 0 radical (unpaired) electrons. The monoisotopic (exact) mass is 395 g/mol. The first-order chi connectivity index (χ1) is 12.9. The summed E-state index contributed by atoms with van der Waals surface area (Å²) in [5.74, 6) is 0.754. The Balaban J connectivity index is 1.98. The van der Waals surface area contributed by atoms with Gasteiger partial charge < -0.3 is 19.5 Å². The predicted molar refractivity (Wildman–Crippen MR) is 102 cm³/mol. The molecule has 1 atom stereocenters. The van der Waals surface area contributed by atoms with Crippen LogP contribution in [-0.2, 0) is 4.79 Å². The molecule has 2 rings (SSSR count). The van der Waals surface area contributed by atoms with Crippen LogP contribution in [0, 0.1) is 5.82 Å². The number of halogens is 2. The number of nitrogens with one attached hydrogen (secondary N) is 1. The Morgan fingerprint density at radius 1 is 1.04 bits per heavy atom. The van der Waals surface area contributed by atoms with E-state index in [2.05, 4.69) is 5.32 Å². The van der Waals surface area contributed by atoms with Gasteiger partial charge in [0, 0.05) is 0 Å². The van der Waals surface area contributed by atoms with E-state index in [9.17, 15) is 9.18 Å². The topological polar surface area (TPSA) is 56.8 Å². The zero-order valence-electron chi connectivity index (χ0n) is 15.6. The number of hydrogen-bond acceptors (Lipinski definition) is 4. The summed E-state index contributed by atoms with van der Waals surface area (Å²) in [5.41, 5.74) is 0.870. The number of hydrogen-bond donors (Lipinski definition) is 1. The molecular formula is C20H23ClFNO4. The molecule has 0 unspecified atom stereocenters. The molecule has 0 aliphatic rings. The second-order valence-corrected chi connectivity index (χ2v) is 6.13. The van der Waals surface area contributed by atoms with Gasteiger partial charge in [-0.15, -0.1) is 0 Å². The van der Waals surface area contributed by atoms with Gasteiger partial charge in [0.25, 0.3) is 5.91 Å². The summed E-state index contributed by atoms with van der Waals surface area (Å²) in [6, 6.07) is 9.01. The summed E-state index contributed by atoms with van der Waals surface area (Å²) >= 11 is 5.88. The maximum atomic E-state index is 13.0. The fourth-order valence-corrected chi connectivity index (χ4v) is 2.66. The Labute approximate surface area is 163 Å². The fraction of sp³-hybridized carbons (Fsp3) is 0.350. The maximum Gasteiger partial charge on any atom is 0.258 e. The average molecular weight is 396 g/mol. The second kappa shape index (κ2) is 10.0. The standard InChI is InChI=1S/C20H23ClFNO4/c1-4-25-18-8-6-14(10-19(18)26-5-2)13(3)23-20(24)12-27-17-9-7-15(22)11-16(17)21/h6-11,13H,4-5,12H2,1-3H3,(H,23,24)/t13-/m0/s1. The van der Waals surface area contributed by atoms with Crippen molar-refractivity contribution in [3.8, 4) is 17.2 Å². The van der Waals surface area contributed by atoms with Crippen molar-refractivity contribution in [2.24, 2.45) is 0 Å². The largest absolute Gasteiger partial charge is 0.490 e. The number of benzene rings is 2. The molecule has 0 spiro atoms. The van der Waals surface area contributed by atoms with Crippen molar-refractivity contribution in [3.63, 3.8) is 0 Å². The molecule has 7 heteroatoms. The molecule has 0 fully saturated rings. The normalized spacial score (nSPS) is 11.6. The summed E-state index contributed by atoms with van der Waals surface area (Å²) in [7, 11) is 0. The van der Waals surface area contributed by atoms with E-state index < -0.39 is 5.82 Å². The third kappa shape index (κ3) is 6.03. The van der Waals surface area contributed by atoms with Gasteiger partial charge in [0.15, 0.2) is 18.1 Å². The minimum absolute atomic E-state index is 0.115. The Kier molecular flexibility index (Phi) is 7.73. The highest BCUT2D eigenvalue weighted by molar-refractivity contribution is 6.32. The van der Waals surface area contributed by atoms with Crippen LogP contribution in [0.4, 0.5) is 4.39 Å². The first kappa shape index (κ1) is 20.8. The minimum atomic E-state index is -0.467. The van der Waals surface area contributed by atoms with Crippen LogP contribution in [0.5, 0.6) is 17.2 Å². The molecule has 2 aromatic rings. The van der Waals surface area contributed by atoms with Crippen molar-refractivity contribution in [1.82, 2.24) is 5.32 Å². The van der Waals surface area contributed by atoms with Crippen LogP contribution in [0.3, 0.4) is 0 Å². The van der Waals surface area contributed by atoms with Crippen LogP contribution in [-0.4, -0.2) is 25.7 Å². The molecule has 0 saturated carbocycles. The van der Waals surface area contributed by atoms with E-state index in [4.69, 9.17) is 25.8 Å². The number of ether oxygens (including phenoxy) is 3. The molecule has 0 aromatic heterocycles. The zero-order valence-corrected chi connectivity index (χ0v) is 16.3. The van der Waals surface area contributed by atoms with E-state index in [1.165, 1.54) is 12.1 Å². The Hall–Kier alpha value is -2.47. The van der Waals surface area contributed by atoms with Crippen LogP contribution in [0.2, 0.25) is 5.02 Å². The van der Waals surface area contributed by atoms with Crippen LogP contribution in [0.15, 0.2) is 36.4 Å². The van der Waals surface area contributed by atoms with Gasteiger partial charge in [-0.1, -0.05) is 17.7 Å². The molecule has 0 bridgehead atoms. The van der Waals surface area contributed by atoms with Gasteiger partial charge in [0.1, 0.15) is 11.6 Å². The van der Waals surface area contributed by atoms with Gasteiger partial charge in [-0.25, -0.2) is 4.39 Å². The predicted octanol–water partition coefficient (Wildman–Crippen LogP) is 4.53. The Bertz CT molecular complexity index is 785. The number of amides is 1. The SMILES string of the molecule is CCOc1ccc([C@H](C)NC(=O)COc2ccc(F)cc2Cl)cc1OCC. The first-order valence-electron chi connectivity index (χ1n) is 8.71. The molecule has 1 amide bonds. The lowest BCUT2D eigenvalue weighted by atomic mass is 10.1. The van der Waals surface area contributed by atoms with Gasteiger partial charge in [0.05, 0.1) is 24.3 Å². The van der Waals surface area contributed by atoms with Crippen molar-refractivity contribution in [2.45, 2.75) is 26.8 Å². The molecule has 1 N–H and O–H groups in total. The maximum absolute atomic E-state index is 13.0. The quantitative estimate of drug-likeness (QED) is 0.677. The lowest BCUT2D eigenvalue weighted by Crippen LogP contribution is -2.31. The molecule has 0 aliphatic carbocycles. The van der Waals surface area contributed by atoms with Crippen molar-refractivity contribution in [1.29, 1.82) is 0 Å². The molecule has 146 valence electrons. The molecule has 5 nitrogen and oxygen atoms in total.